The third-order valence-corrected chi connectivity index (χ3v) is 3.38. The molecule has 0 amide bonds. The van der Waals surface area contributed by atoms with Crippen molar-refractivity contribution in [2.45, 2.75) is 0 Å². The summed E-state index contributed by atoms with van der Waals surface area (Å²) in [6.45, 7) is 0. The van der Waals surface area contributed by atoms with Crippen molar-refractivity contribution < 1.29 is 9.53 Å². The molecular weight excluding hydrogens is 327 g/mol. The Morgan fingerprint density at radius 2 is 1.76 bits per heavy atom. The zero-order valence-electron chi connectivity index (χ0n) is 9.31. The summed E-state index contributed by atoms with van der Waals surface area (Å²) >= 11 is 2.23. The van der Waals surface area contributed by atoms with E-state index in [9.17, 15) is 4.79 Å². The summed E-state index contributed by atoms with van der Waals surface area (Å²) in [6.07, 6.45) is 0. The maximum absolute atomic E-state index is 11.7. The van der Waals surface area contributed by atoms with Gasteiger partial charge < -0.3 is 4.74 Å². The standard InChI is InChI=1S/C14H11IO2/c1-17-14(16)11-8-5-9-12(15)13(11)10-6-3-2-4-7-10/h2-9H,1H3. The van der Waals surface area contributed by atoms with Gasteiger partial charge in [-0.25, -0.2) is 4.79 Å². The number of carbonyl (C=O) groups excluding carboxylic acids is 1. The van der Waals surface area contributed by atoms with E-state index in [4.69, 9.17) is 4.74 Å². The van der Waals surface area contributed by atoms with Crippen molar-refractivity contribution in [1.29, 1.82) is 0 Å². The zero-order valence-corrected chi connectivity index (χ0v) is 11.5. The third-order valence-electron chi connectivity index (χ3n) is 2.48. The molecule has 0 atom stereocenters. The predicted molar refractivity (Wildman–Crippen MR) is 75.9 cm³/mol. The number of carbonyl (C=O) groups is 1. The van der Waals surface area contributed by atoms with Crippen LogP contribution in [0.5, 0.6) is 0 Å². The second-order valence-electron chi connectivity index (χ2n) is 3.52. The molecule has 3 heteroatoms. The van der Waals surface area contributed by atoms with E-state index < -0.39 is 0 Å². The van der Waals surface area contributed by atoms with Crippen LogP contribution in [0.25, 0.3) is 11.1 Å². The van der Waals surface area contributed by atoms with Gasteiger partial charge in [-0.15, -0.1) is 0 Å². The number of esters is 1. The molecule has 86 valence electrons. The molecule has 0 spiro atoms. The minimum absolute atomic E-state index is 0.303. The molecule has 0 aliphatic carbocycles. The van der Waals surface area contributed by atoms with Crippen molar-refractivity contribution in [1.82, 2.24) is 0 Å². The highest BCUT2D eigenvalue weighted by molar-refractivity contribution is 14.1. The minimum atomic E-state index is -0.303. The van der Waals surface area contributed by atoms with Crippen LogP contribution in [0.3, 0.4) is 0 Å². The number of halogens is 1. The van der Waals surface area contributed by atoms with E-state index in [-0.39, 0.29) is 5.97 Å². The number of methoxy groups -OCH3 is 1. The Hall–Kier alpha value is -1.36. The van der Waals surface area contributed by atoms with Crippen molar-refractivity contribution in [3.63, 3.8) is 0 Å². The average molecular weight is 338 g/mol. The van der Waals surface area contributed by atoms with Gasteiger partial charge in [0, 0.05) is 9.13 Å². The summed E-state index contributed by atoms with van der Waals surface area (Å²) in [7, 11) is 1.40. The molecule has 0 aromatic heterocycles. The molecule has 0 unspecified atom stereocenters. The second kappa shape index (κ2) is 5.31. The lowest BCUT2D eigenvalue weighted by Crippen LogP contribution is -2.04. The van der Waals surface area contributed by atoms with Crippen molar-refractivity contribution >= 4 is 28.6 Å². The minimum Gasteiger partial charge on any atom is -0.465 e. The molecular formula is C14H11IO2. The Labute approximate surface area is 114 Å². The molecule has 0 N–H and O–H groups in total. The topological polar surface area (TPSA) is 26.3 Å². The largest absolute Gasteiger partial charge is 0.465 e. The van der Waals surface area contributed by atoms with Crippen molar-refractivity contribution in [2.75, 3.05) is 7.11 Å². The average Bonchev–Trinajstić information content (AvgIpc) is 2.38. The molecule has 2 rings (SSSR count). The molecule has 0 heterocycles. The lowest BCUT2D eigenvalue weighted by Gasteiger charge is -2.10. The van der Waals surface area contributed by atoms with Crippen LogP contribution < -0.4 is 0 Å². The van der Waals surface area contributed by atoms with E-state index >= 15 is 0 Å². The predicted octanol–water partition coefficient (Wildman–Crippen LogP) is 3.74. The number of ether oxygens (including phenoxy) is 1. The van der Waals surface area contributed by atoms with Crippen molar-refractivity contribution in [2.24, 2.45) is 0 Å². The summed E-state index contributed by atoms with van der Waals surface area (Å²) in [5.74, 6) is -0.303. The normalized spacial score (nSPS) is 10.0. The van der Waals surface area contributed by atoms with Gasteiger partial charge in [0.2, 0.25) is 0 Å². The Morgan fingerprint density at radius 1 is 1.06 bits per heavy atom. The summed E-state index contributed by atoms with van der Waals surface area (Å²) in [5, 5.41) is 0. The highest BCUT2D eigenvalue weighted by atomic mass is 127. The first-order valence-electron chi connectivity index (χ1n) is 5.16. The van der Waals surface area contributed by atoms with Crippen molar-refractivity contribution in [3.8, 4) is 11.1 Å². The maximum atomic E-state index is 11.7. The molecule has 0 saturated carbocycles. The molecule has 2 nitrogen and oxygen atoms in total. The highest BCUT2D eigenvalue weighted by Gasteiger charge is 2.15. The maximum Gasteiger partial charge on any atom is 0.338 e. The summed E-state index contributed by atoms with van der Waals surface area (Å²) < 4.78 is 5.85. The second-order valence-corrected chi connectivity index (χ2v) is 4.68. The van der Waals surface area contributed by atoms with Gasteiger partial charge in [-0.1, -0.05) is 36.4 Å². The van der Waals surface area contributed by atoms with E-state index in [0.717, 1.165) is 14.7 Å². The van der Waals surface area contributed by atoms with Crippen LogP contribution in [0.2, 0.25) is 0 Å². The fraction of sp³-hybridized carbons (Fsp3) is 0.0714. The summed E-state index contributed by atoms with van der Waals surface area (Å²) in [6, 6.07) is 15.5. The van der Waals surface area contributed by atoms with Gasteiger partial charge in [0.05, 0.1) is 12.7 Å². The first-order chi connectivity index (χ1) is 8.24. The van der Waals surface area contributed by atoms with Gasteiger partial charge in [0.25, 0.3) is 0 Å². The van der Waals surface area contributed by atoms with Gasteiger partial charge in [0.15, 0.2) is 0 Å². The Morgan fingerprint density at radius 3 is 2.41 bits per heavy atom. The summed E-state index contributed by atoms with van der Waals surface area (Å²) in [5.41, 5.74) is 2.56. The molecule has 2 aromatic rings. The molecule has 0 radical (unpaired) electrons. The quantitative estimate of drug-likeness (QED) is 0.616. The first-order valence-corrected chi connectivity index (χ1v) is 6.24. The van der Waals surface area contributed by atoms with Crippen LogP contribution in [0, 0.1) is 3.57 Å². The van der Waals surface area contributed by atoms with E-state index in [1.807, 2.05) is 42.5 Å². The number of hydrogen-bond acceptors (Lipinski definition) is 2. The Balaban J connectivity index is 2.64. The zero-order chi connectivity index (χ0) is 12.3. The van der Waals surface area contributed by atoms with E-state index in [2.05, 4.69) is 22.6 Å². The van der Waals surface area contributed by atoms with E-state index in [0.29, 0.717) is 5.56 Å². The van der Waals surface area contributed by atoms with Crippen LogP contribution in [0.1, 0.15) is 10.4 Å². The highest BCUT2D eigenvalue weighted by Crippen LogP contribution is 2.29. The van der Waals surface area contributed by atoms with Crippen LogP contribution in [0.4, 0.5) is 0 Å². The van der Waals surface area contributed by atoms with Gasteiger partial charge >= 0.3 is 5.97 Å². The molecule has 0 bridgehead atoms. The number of benzene rings is 2. The molecule has 0 aliphatic heterocycles. The smallest absolute Gasteiger partial charge is 0.338 e. The number of rotatable bonds is 2. The first kappa shape index (κ1) is 12.1. The van der Waals surface area contributed by atoms with Gasteiger partial charge in [-0.3, -0.25) is 0 Å². The monoisotopic (exact) mass is 338 g/mol. The lowest BCUT2D eigenvalue weighted by molar-refractivity contribution is 0.0601. The third kappa shape index (κ3) is 2.49. The Bertz CT molecular complexity index is 535. The molecule has 0 saturated heterocycles. The van der Waals surface area contributed by atoms with Crippen molar-refractivity contribution in [3.05, 3.63) is 57.7 Å². The van der Waals surface area contributed by atoms with Gasteiger partial charge in [-0.2, -0.15) is 0 Å². The van der Waals surface area contributed by atoms with E-state index in [1.54, 1.807) is 6.07 Å². The van der Waals surface area contributed by atoms with Gasteiger partial charge in [-0.05, 0) is 40.3 Å². The summed E-state index contributed by atoms with van der Waals surface area (Å²) in [4.78, 5) is 11.7. The molecule has 0 fully saturated rings. The lowest BCUT2D eigenvalue weighted by atomic mass is 10.00. The van der Waals surface area contributed by atoms with Gasteiger partial charge in [0.1, 0.15) is 0 Å². The number of hydrogen-bond donors (Lipinski definition) is 0. The molecule has 0 aliphatic rings. The fourth-order valence-electron chi connectivity index (χ4n) is 1.70. The molecule has 2 aromatic carbocycles. The van der Waals surface area contributed by atoms with Crippen LogP contribution in [-0.2, 0) is 4.74 Å². The van der Waals surface area contributed by atoms with Crippen LogP contribution in [-0.4, -0.2) is 13.1 Å². The molecule has 17 heavy (non-hydrogen) atoms. The fourth-order valence-corrected chi connectivity index (χ4v) is 2.51. The SMILES string of the molecule is COC(=O)c1cccc(I)c1-c1ccccc1. The van der Waals surface area contributed by atoms with Crippen LogP contribution >= 0.6 is 22.6 Å². The Kier molecular flexibility index (Phi) is 3.78. The van der Waals surface area contributed by atoms with Crippen LogP contribution in [0.15, 0.2) is 48.5 Å². The van der Waals surface area contributed by atoms with E-state index in [1.165, 1.54) is 7.11 Å².